The Balaban J connectivity index is 2.00. The van der Waals surface area contributed by atoms with Crippen molar-refractivity contribution in [2.75, 3.05) is 13.1 Å². The first kappa shape index (κ1) is 30.1. The summed E-state index contributed by atoms with van der Waals surface area (Å²) in [5.74, 6) is -3.02. The highest BCUT2D eigenvalue weighted by atomic mass is 16.4. The second-order valence-electron chi connectivity index (χ2n) is 9.49. The number of benzene rings is 1. The molecule has 0 spiro atoms. The Morgan fingerprint density at radius 2 is 1.76 bits per heavy atom. The van der Waals surface area contributed by atoms with Crippen molar-refractivity contribution in [2.45, 2.75) is 57.7 Å². The van der Waals surface area contributed by atoms with E-state index in [1.54, 1.807) is 6.20 Å². The van der Waals surface area contributed by atoms with Crippen molar-refractivity contribution in [3.05, 3.63) is 36.0 Å². The lowest BCUT2D eigenvalue weighted by Gasteiger charge is -2.21. The largest absolute Gasteiger partial charge is 0.480 e. The Hall–Kier alpha value is -4.13. The van der Waals surface area contributed by atoms with Crippen molar-refractivity contribution in [1.29, 1.82) is 0 Å². The number of fused-ring (bicyclic) bond motifs is 1. The van der Waals surface area contributed by atoms with Gasteiger partial charge in [-0.3, -0.25) is 19.4 Å². The highest BCUT2D eigenvalue weighted by molar-refractivity contribution is 5.93. The number of rotatable bonds is 15. The highest BCUT2D eigenvalue weighted by Crippen LogP contribution is 2.18. The normalized spacial score (nSPS) is 13.4. The summed E-state index contributed by atoms with van der Waals surface area (Å²) < 4.78 is 0. The maximum atomic E-state index is 12.9. The molecule has 2 aromatic rings. The fourth-order valence-corrected chi connectivity index (χ4v) is 3.91. The zero-order valence-electron chi connectivity index (χ0n) is 21.7. The van der Waals surface area contributed by atoms with Gasteiger partial charge in [0.1, 0.15) is 12.1 Å². The standard InChI is InChI=1S/C25H38N8O5/c1-14(2)10-20(24(37)38)32-21(34)13-31-23(36)19(8-5-9-29-25(27)28)33-22(35)17(26)11-15-12-30-18-7-4-3-6-16(15)18/h3-4,6-7,12,14,17,19-20,30H,5,8-11,13,26H2,1-2H3,(H,31,36)(H,32,34)(H,33,35)(H,37,38)(H4,27,28,29). The first-order valence-corrected chi connectivity index (χ1v) is 12.4. The van der Waals surface area contributed by atoms with Gasteiger partial charge in [-0.05, 0) is 43.2 Å². The molecule has 3 unspecified atom stereocenters. The van der Waals surface area contributed by atoms with Crippen molar-refractivity contribution < 1.29 is 24.3 Å². The number of nitrogens with two attached hydrogens (primary N) is 3. The summed E-state index contributed by atoms with van der Waals surface area (Å²) in [4.78, 5) is 56.4. The van der Waals surface area contributed by atoms with E-state index < -0.39 is 48.4 Å². The number of nitrogens with zero attached hydrogens (tertiary/aromatic N) is 1. The molecule has 11 N–H and O–H groups in total. The van der Waals surface area contributed by atoms with Crippen LogP contribution in [-0.2, 0) is 25.6 Å². The van der Waals surface area contributed by atoms with Gasteiger partial charge in [-0.1, -0.05) is 32.0 Å². The third-order valence-corrected chi connectivity index (χ3v) is 5.79. The fourth-order valence-electron chi connectivity index (χ4n) is 3.91. The number of aromatic nitrogens is 1. The van der Waals surface area contributed by atoms with E-state index in [0.29, 0.717) is 6.42 Å². The minimum atomic E-state index is -1.16. The van der Waals surface area contributed by atoms with Crippen molar-refractivity contribution in [3.8, 4) is 0 Å². The van der Waals surface area contributed by atoms with E-state index >= 15 is 0 Å². The Bertz CT molecular complexity index is 1140. The summed E-state index contributed by atoms with van der Waals surface area (Å²) in [5.41, 5.74) is 18.6. The highest BCUT2D eigenvalue weighted by Gasteiger charge is 2.26. The Labute approximate surface area is 221 Å². The second kappa shape index (κ2) is 14.6. The molecule has 0 radical (unpaired) electrons. The summed E-state index contributed by atoms with van der Waals surface area (Å²) in [6.45, 7) is 3.45. The summed E-state index contributed by atoms with van der Waals surface area (Å²) >= 11 is 0. The van der Waals surface area contributed by atoms with Crippen LogP contribution in [0.5, 0.6) is 0 Å². The van der Waals surface area contributed by atoms with Crippen molar-refractivity contribution in [1.82, 2.24) is 20.9 Å². The van der Waals surface area contributed by atoms with E-state index in [9.17, 15) is 24.3 Å². The number of aromatic amines is 1. The van der Waals surface area contributed by atoms with Crippen LogP contribution in [0.15, 0.2) is 35.5 Å². The smallest absolute Gasteiger partial charge is 0.326 e. The third kappa shape index (κ3) is 9.73. The van der Waals surface area contributed by atoms with Gasteiger partial charge in [-0.25, -0.2) is 4.79 Å². The Morgan fingerprint density at radius 3 is 2.42 bits per heavy atom. The lowest BCUT2D eigenvalue weighted by atomic mass is 10.0. The van der Waals surface area contributed by atoms with Gasteiger partial charge in [0, 0.05) is 23.6 Å². The molecule has 0 bridgehead atoms. The van der Waals surface area contributed by atoms with Crippen LogP contribution in [0.4, 0.5) is 0 Å². The number of carbonyl (C=O) groups excluding carboxylic acids is 3. The number of nitrogens with one attached hydrogen (secondary N) is 4. The van der Waals surface area contributed by atoms with Gasteiger partial charge < -0.3 is 43.2 Å². The lowest BCUT2D eigenvalue weighted by molar-refractivity contribution is -0.142. The number of hydrogen-bond donors (Lipinski definition) is 8. The Morgan fingerprint density at radius 1 is 1.05 bits per heavy atom. The molecule has 3 atom stereocenters. The summed E-state index contributed by atoms with van der Waals surface area (Å²) in [6.07, 6.45) is 2.83. The first-order valence-electron chi connectivity index (χ1n) is 12.4. The first-order chi connectivity index (χ1) is 18.0. The average Bonchev–Trinajstić information content (AvgIpc) is 3.26. The molecule has 0 saturated heterocycles. The van der Waals surface area contributed by atoms with E-state index in [1.165, 1.54) is 0 Å². The molecule has 3 amide bonds. The molecule has 13 nitrogen and oxygen atoms in total. The van der Waals surface area contributed by atoms with E-state index in [0.717, 1.165) is 16.5 Å². The molecule has 1 aromatic carbocycles. The van der Waals surface area contributed by atoms with Crippen LogP contribution in [-0.4, -0.2) is 71.0 Å². The van der Waals surface area contributed by atoms with Crippen LogP contribution < -0.4 is 33.2 Å². The van der Waals surface area contributed by atoms with Crippen molar-refractivity contribution >= 4 is 40.6 Å². The number of carboxylic acids is 1. The van der Waals surface area contributed by atoms with E-state index in [1.807, 2.05) is 38.1 Å². The molecule has 1 aromatic heterocycles. The Kier molecular flexibility index (Phi) is 11.5. The quantitative estimate of drug-likeness (QED) is 0.0832. The molecule has 0 aliphatic carbocycles. The molecule has 2 rings (SSSR count). The predicted octanol–water partition coefficient (Wildman–Crippen LogP) is -0.692. The van der Waals surface area contributed by atoms with Gasteiger partial charge in [-0.15, -0.1) is 0 Å². The molecule has 0 aliphatic rings. The lowest BCUT2D eigenvalue weighted by Crippen LogP contribution is -2.54. The number of aliphatic carboxylic acids is 1. The zero-order valence-corrected chi connectivity index (χ0v) is 21.7. The van der Waals surface area contributed by atoms with Crippen LogP contribution in [0.25, 0.3) is 10.9 Å². The maximum Gasteiger partial charge on any atom is 0.326 e. The van der Waals surface area contributed by atoms with Crippen LogP contribution in [0.1, 0.15) is 38.7 Å². The molecule has 1 heterocycles. The van der Waals surface area contributed by atoms with Gasteiger partial charge in [0.2, 0.25) is 17.7 Å². The predicted molar refractivity (Wildman–Crippen MR) is 144 cm³/mol. The number of guanidine groups is 1. The topological polar surface area (TPSA) is 231 Å². The van der Waals surface area contributed by atoms with Gasteiger partial charge >= 0.3 is 5.97 Å². The van der Waals surface area contributed by atoms with Gasteiger partial charge in [0.05, 0.1) is 12.6 Å². The maximum absolute atomic E-state index is 12.9. The van der Waals surface area contributed by atoms with E-state index in [-0.39, 0.29) is 37.7 Å². The molecule has 38 heavy (non-hydrogen) atoms. The number of H-pyrrole nitrogens is 1. The SMILES string of the molecule is CC(C)CC(NC(=O)CNC(=O)C(CCCN=C(N)N)NC(=O)C(N)Cc1c[nH]c2ccccc12)C(=O)O. The number of para-hydroxylation sites is 1. The average molecular weight is 531 g/mol. The fraction of sp³-hybridized carbons (Fsp3) is 0.480. The third-order valence-electron chi connectivity index (χ3n) is 5.79. The van der Waals surface area contributed by atoms with E-state index in [2.05, 4.69) is 25.9 Å². The van der Waals surface area contributed by atoms with Crippen molar-refractivity contribution in [3.63, 3.8) is 0 Å². The molecule has 13 heteroatoms. The molecule has 208 valence electrons. The van der Waals surface area contributed by atoms with Crippen LogP contribution in [0, 0.1) is 5.92 Å². The number of carboxylic acid groups (broad SMARTS) is 1. The minimum Gasteiger partial charge on any atom is -0.480 e. The van der Waals surface area contributed by atoms with Crippen molar-refractivity contribution in [2.24, 2.45) is 28.1 Å². The van der Waals surface area contributed by atoms with Gasteiger partial charge in [0.25, 0.3) is 0 Å². The molecular weight excluding hydrogens is 492 g/mol. The number of carbonyl (C=O) groups is 4. The van der Waals surface area contributed by atoms with Gasteiger partial charge in [-0.2, -0.15) is 0 Å². The summed E-state index contributed by atoms with van der Waals surface area (Å²) in [5, 5.41) is 17.8. The summed E-state index contributed by atoms with van der Waals surface area (Å²) in [7, 11) is 0. The molecule has 0 fully saturated rings. The molecule has 0 saturated carbocycles. The van der Waals surface area contributed by atoms with Crippen LogP contribution >= 0.6 is 0 Å². The van der Waals surface area contributed by atoms with Crippen LogP contribution in [0.2, 0.25) is 0 Å². The zero-order chi connectivity index (χ0) is 28.2. The molecule has 0 aliphatic heterocycles. The second-order valence-corrected chi connectivity index (χ2v) is 9.49. The monoisotopic (exact) mass is 530 g/mol. The minimum absolute atomic E-state index is 0.0456. The number of amides is 3. The van der Waals surface area contributed by atoms with E-state index in [4.69, 9.17) is 17.2 Å². The van der Waals surface area contributed by atoms with Gasteiger partial charge in [0.15, 0.2) is 5.96 Å². The molecular formula is C25H38N8O5. The number of hydrogen-bond acceptors (Lipinski definition) is 6. The van der Waals surface area contributed by atoms with Crippen LogP contribution in [0.3, 0.4) is 0 Å². The summed E-state index contributed by atoms with van der Waals surface area (Å²) in [6, 6.07) is 4.61. The number of aliphatic imine (C=N–C) groups is 1.